The summed E-state index contributed by atoms with van der Waals surface area (Å²) in [5.41, 5.74) is 2.83. The van der Waals surface area contributed by atoms with Crippen molar-refractivity contribution in [1.29, 1.82) is 0 Å². The van der Waals surface area contributed by atoms with Crippen LogP contribution in [0.25, 0.3) is 10.9 Å². The second-order valence-electron chi connectivity index (χ2n) is 7.88. The van der Waals surface area contributed by atoms with Gasteiger partial charge in [-0.25, -0.2) is 15.0 Å². The van der Waals surface area contributed by atoms with Crippen molar-refractivity contribution in [2.45, 2.75) is 25.3 Å². The van der Waals surface area contributed by atoms with Crippen LogP contribution in [0.4, 0.5) is 5.82 Å². The van der Waals surface area contributed by atoms with Crippen LogP contribution >= 0.6 is 11.6 Å². The number of anilines is 1. The standard InChI is InChI=1S/C23H24ClN5O3/c1-31-29-20-7-4-16(24)11-15(20)13-28-9-2-3-21(28)23(30)25-8-10-32-17-5-6-19-18(12-17)22(29)27-14-26-19/h2,4-6,9,12,14,21H,3,7-8,10-11,13H2,1H3,(H,25,30). The molecule has 1 aromatic heterocycles. The molecule has 1 atom stereocenters. The van der Waals surface area contributed by atoms with E-state index in [0.717, 1.165) is 27.2 Å². The fraction of sp³-hybridized carbons (Fsp3) is 0.348. The van der Waals surface area contributed by atoms with Crippen molar-refractivity contribution in [3.05, 3.63) is 59.2 Å². The Hall–Kier alpha value is -3.10. The summed E-state index contributed by atoms with van der Waals surface area (Å²) in [4.78, 5) is 29.7. The number of hydroxylamine groups is 1. The summed E-state index contributed by atoms with van der Waals surface area (Å²) in [5.74, 6) is 1.31. The van der Waals surface area contributed by atoms with Gasteiger partial charge in [-0.3, -0.25) is 9.63 Å². The van der Waals surface area contributed by atoms with E-state index >= 15 is 0 Å². The van der Waals surface area contributed by atoms with E-state index in [2.05, 4.69) is 20.2 Å². The van der Waals surface area contributed by atoms with Crippen LogP contribution in [0.3, 0.4) is 0 Å². The second-order valence-corrected chi connectivity index (χ2v) is 8.37. The van der Waals surface area contributed by atoms with Gasteiger partial charge in [0.05, 0.1) is 24.9 Å². The van der Waals surface area contributed by atoms with Crippen molar-refractivity contribution < 1.29 is 14.4 Å². The number of benzene rings is 1. The van der Waals surface area contributed by atoms with Crippen LogP contribution in [0.15, 0.2) is 59.2 Å². The normalized spacial score (nSPS) is 21.5. The van der Waals surface area contributed by atoms with Crippen LogP contribution in [0.1, 0.15) is 19.3 Å². The monoisotopic (exact) mass is 453 g/mol. The third kappa shape index (κ3) is 3.91. The van der Waals surface area contributed by atoms with Gasteiger partial charge in [0.1, 0.15) is 24.7 Å². The van der Waals surface area contributed by atoms with Gasteiger partial charge in [-0.1, -0.05) is 23.8 Å². The molecular weight excluding hydrogens is 430 g/mol. The van der Waals surface area contributed by atoms with E-state index in [1.165, 1.54) is 6.33 Å². The van der Waals surface area contributed by atoms with Gasteiger partial charge in [0.2, 0.25) is 5.91 Å². The molecule has 1 amide bonds. The maximum Gasteiger partial charge on any atom is 0.243 e. The molecule has 1 aliphatic carbocycles. The van der Waals surface area contributed by atoms with Crippen molar-refractivity contribution in [3.63, 3.8) is 0 Å². The number of hydrogen-bond donors (Lipinski definition) is 1. The minimum atomic E-state index is -0.263. The van der Waals surface area contributed by atoms with Crippen LogP contribution < -0.4 is 15.1 Å². The first-order valence-corrected chi connectivity index (χ1v) is 11.0. The number of nitrogens with zero attached hydrogens (tertiary/aromatic N) is 4. The fourth-order valence-electron chi connectivity index (χ4n) is 4.37. The number of nitrogens with one attached hydrogen (secondary N) is 1. The number of rotatable bonds is 1. The Balaban J connectivity index is 1.64. The molecule has 5 rings (SSSR count). The molecule has 2 bridgehead atoms. The Labute approximate surface area is 191 Å². The van der Waals surface area contributed by atoms with Gasteiger partial charge in [-0.05, 0) is 36.4 Å². The number of carbonyl (C=O) groups is 1. The first-order valence-electron chi connectivity index (χ1n) is 10.6. The highest BCUT2D eigenvalue weighted by molar-refractivity contribution is 6.29. The number of hydrogen-bond acceptors (Lipinski definition) is 7. The van der Waals surface area contributed by atoms with Crippen LogP contribution in [0.5, 0.6) is 5.75 Å². The summed E-state index contributed by atoms with van der Waals surface area (Å²) in [6.07, 6.45) is 9.38. The lowest BCUT2D eigenvalue weighted by atomic mass is 10.00. The molecule has 0 radical (unpaired) electrons. The molecule has 1 N–H and O–H groups in total. The summed E-state index contributed by atoms with van der Waals surface area (Å²) >= 11 is 6.44. The van der Waals surface area contributed by atoms with E-state index in [9.17, 15) is 4.79 Å². The SMILES string of the molecule is CON1C2=C(CC(Cl)=CC2)CN2C=CCC2C(=O)NCCOc2ccc3ncnc1c3c2. The number of carbonyl (C=O) groups excluding carboxylic acids is 1. The average Bonchev–Trinajstić information content (AvgIpc) is 3.26. The molecule has 1 unspecified atom stereocenters. The first-order chi connectivity index (χ1) is 15.6. The zero-order valence-corrected chi connectivity index (χ0v) is 18.5. The highest BCUT2D eigenvalue weighted by Gasteiger charge is 2.30. The quantitative estimate of drug-likeness (QED) is 0.709. The summed E-state index contributed by atoms with van der Waals surface area (Å²) in [6, 6.07) is 5.41. The highest BCUT2D eigenvalue weighted by atomic mass is 35.5. The lowest BCUT2D eigenvalue weighted by Gasteiger charge is -2.32. The van der Waals surface area contributed by atoms with Crippen LogP contribution in [0.2, 0.25) is 0 Å². The largest absolute Gasteiger partial charge is 0.492 e. The van der Waals surface area contributed by atoms with E-state index in [1.54, 1.807) is 12.2 Å². The Morgan fingerprint density at radius 2 is 2.22 bits per heavy atom. The predicted molar refractivity (Wildman–Crippen MR) is 122 cm³/mol. The zero-order valence-electron chi connectivity index (χ0n) is 17.8. The number of amides is 1. The van der Waals surface area contributed by atoms with Crippen molar-refractivity contribution in [1.82, 2.24) is 20.2 Å². The Kier molecular flexibility index (Phi) is 5.71. The van der Waals surface area contributed by atoms with Crippen molar-refractivity contribution >= 4 is 34.2 Å². The molecule has 1 aromatic carbocycles. The Morgan fingerprint density at radius 3 is 3.09 bits per heavy atom. The molecular formula is C23H24ClN5O3. The van der Waals surface area contributed by atoms with Crippen LogP contribution in [-0.2, 0) is 9.63 Å². The smallest absolute Gasteiger partial charge is 0.243 e. The molecule has 0 saturated heterocycles. The van der Waals surface area contributed by atoms with Gasteiger partial charge in [0, 0.05) is 29.8 Å². The van der Waals surface area contributed by atoms with Gasteiger partial charge < -0.3 is 15.0 Å². The molecule has 0 fully saturated rings. The number of fused-ring (bicyclic) bond motifs is 2. The minimum Gasteiger partial charge on any atom is -0.492 e. The Morgan fingerprint density at radius 1 is 1.31 bits per heavy atom. The predicted octanol–water partition coefficient (Wildman–Crippen LogP) is 3.26. The minimum absolute atomic E-state index is 0.0127. The fourth-order valence-corrected chi connectivity index (χ4v) is 4.61. The first kappa shape index (κ1) is 20.8. The molecule has 166 valence electrons. The van der Waals surface area contributed by atoms with Crippen molar-refractivity contribution in [2.24, 2.45) is 0 Å². The van der Waals surface area contributed by atoms with E-state index in [-0.39, 0.29) is 11.9 Å². The van der Waals surface area contributed by atoms with E-state index in [1.807, 2.05) is 36.6 Å². The maximum absolute atomic E-state index is 12.8. The molecule has 9 heteroatoms. The van der Waals surface area contributed by atoms with Crippen LogP contribution in [-0.4, -0.2) is 53.6 Å². The topological polar surface area (TPSA) is 79.8 Å². The third-order valence-electron chi connectivity index (χ3n) is 5.92. The van der Waals surface area contributed by atoms with E-state index < -0.39 is 0 Å². The lowest BCUT2D eigenvalue weighted by Crippen LogP contribution is -2.44. The zero-order chi connectivity index (χ0) is 22.1. The molecule has 2 aliphatic heterocycles. The molecule has 32 heavy (non-hydrogen) atoms. The van der Waals surface area contributed by atoms with Gasteiger partial charge in [0.25, 0.3) is 0 Å². The van der Waals surface area contributed by atoms with Crippen molar-refractivity contribution in [2.75, 3.05) is 31.9 Å². The molecule has 3 heterocycles. The third-order valence-corrected chi connectivity index (χ3v) is 6.20. The van der Waals surface area contributed by atoms with Crippen LogP contribution in [0, 0.1) is 0 Å². The molecule has 8 nitrogen and oxygen atoms in total. The summed E-state index contributed by atoms with van der Waals surface area (Å²) in [5, 5.41) is 6.34. The van der Waals surface area contributed by atoms with E-state index in [4.69, 9.17) is 21.2 Å². The summed E-state index contributed by atoms with van der Waals surface area (Å²) in [6.45, 7) is 1.35. The maximum atomic E-state index is 12.8. The number of halogens is 1. The molecule has 0 saturated carbocycles. The number of aromatic nitrogens is 2. The second kappa shape index (κ2) is 8.80. The summed E-state index contributed by atoms with van der Waals surface area (Å²) in [7, 11) is 1.62. The Bertz CT molecular complexity index is 1150. The molecule has 0 spiro atoms. The number of allylic oxidation sites excluding steroid dienone is 2. The number of ether oxygens (including phenoxy) is 1. The van der Waals surface area contributed by atoms with Crippen molar-refractivity contribution in [3.8, 4) is 5.75 Å². The lowest BCUT2D eigenvalue weighted by molar-refractivity contribution is -0.125. The molecule has 2 aromatic rings. The van der Waals surface area contributed by atoms with Gasteiger partial charge in [-0.15, -0.1) is 0 Å². The van der Waals surface area contributed by atoms with Gasteiger partial charge in [-0.2, -0.15) is 0 Å². The van der Waals surface area contributed by atoms with E-state index in [0.29, 0.717) is 50.5 Å². The van der Waals surface area contributed by atoms with Gasteiger partial charge >= 0.3 is 0 Å². The van der Waals surface area contributed by atoms with Gasteiger partial charge in [0.15, 0.2) is 5.82 Å². The summed E-state index contributed by atoms with van der Waals surface area (Å²) < 4.78 is 5.89. The highest BCUT2D eigenvalue weighted by Crippen LogP contribution is 2.36. The molecule has 3 aliphatic rings. The average molecular weight is 454 g/mol.